The zero-order valence-corrected chi connectivity index (χ0v) is 31.1. The highest BCUT2D eigenvalue weighted by Gasteiger charge is 2.45. The molecule has 1 heterocycles. The maximum atomic E-state index is 15.0. The molecule has 0 spiro atoms. The van der Waals surface area contributed by atoms with Crippen molar-refractivity contribution in [2.45, 2.75) is 69.9 Å². The van der Waals surface area contributed by atoms with Crippen molar-refractivity contribution in [1.29, 1.82) is 0 Å². The topological polar surface area (TPSA) is 120 Å². The predicted octanol–water partition coefficient (Wildman–Crippen LogP) is 9.64. The molecule has 1 N–H and O–H groups in total. The van der Waals surface area contributed by atoms with Gasteiger partial charge in [-0.1, -0.05) is 93.6 Å². The summed E-state index contributed by atoms with van der Waals surface area (Å²) in [6, 6.07) is 31.7. The molecule has 2 unspecified atom stereocenters. The minimum absolute atomic E-state index is 0.0470. The van der Waals surface area contributed by atoms with Crippen LogP contribution >= 0.6 is 0 Å². The molecule has 0 aromatic heterocycles. The van der Waals surface area contributed by atoms with E-state index in [1.165, 1.54) is 17.0 Å². The molecule has 11 heteroatoms. The molecular weight excluding hydrogens is 663 g/mol. The van der Waals surface area contributed by atoms with Crippen LogP contribution in [0.2, 0.25) is 18.1 Å². The summed E-state index contributed by atoms with van der Waals surface area (Å²) < 4.78 is 18.0. The zero-order valence-electron chi connectivity index (χ0n) is 30.1. The molecular formula is C40H47N3O7Si. The highest BCUT2D eigenvalue weighted by atomic mass is 28.4. The van der Waals surface area contributed by atoms with Gasteiger partial charge in [0.2, 0.25) is 5.91 Å². The standard InChI is InChI=1S/C40H47N3O7Si/c1-40(2,3)51(5,6)50-36(29-15-11-8-12-16-29)26-25-34(38(44)42-35(27-49-39(42)45)28-13-9-7-10-14-28)37(30-17-23-33(48-4)24-18-30)41-31-19-21-32(22-20-31)43(46)47/h7-24,34-37,41H,25-27H2,1-6H3/t34?,35-,36+,37?/m1/s1. The van der Waals surface area contributed by atoms with Gasteiger partial charge >= 0.3 is 6.09 Å². The number of benzene rings is 4. The average molecular weight is 710 g/mol. The van der Waals surface area contributed by atoms with Crippen molar-refractivity contribution in [2.24, 2.45) is 5.92 Å². The SMILES string of the molecule is COc1ccc(C(Nc2ccc([N+](=O)[O-])cc2)C(CC[C@H](O[Si](C)(C)C(C)(C)C)c2ccccc2)C(=O)N2C(=O)OC[C@@H]2c2ccccc2)cc1. The number of cyclic esters (lactones) is 1. The zero-order chi connectivity index (χ0) is 36.8. The van der Waals surface area contributed by atoms with Crippen molar-refractivity contribution in [3.8, 4) is 5.75 Å². The number of ether oxygens (including phenoxy) is 2. The number of nitro benzene ring substituents is 1. The van der Waals surface area contributed by atoms with E-state index in [1.54, 1.807) is 19.2 Å². The van der Waals surface area contributed by atoms with E-state index >= 15 is 4.79 Å². The largest absolute Gasteiger partial charge is 0.497 e. The maximum absolute atomic E-state index is 15.0. The maximum Gasteiger partial charge on any atom is 0.417 e. The van der Waals surface area contributed by atoms with Crippen molar-refractivity contribution in [3.05, 3.63) is 136 Å². The molecule has 268 valence electrons. The van der Waals surface area contributed by atoms with Gasteiger partial charge in [0.05, 0.1) is 30.1 Å². The van der Waals surface area contributed by atoms with Crippen molar-refractivity contribution in [3.63, 3.8) is 0 Å². The van der Waals surface area contributed by atoms with E-state index in [4.69, 9.17) is 13.9 Å². The first-order chi connectivity index (χ1) is 24.3. The Bertz CT molecular complexity index is 1780. The van der Waals surface area contributed by atoms with Gasteiger partial charge in [-0.3, -0.25) is 14.9 Å². The number of hydrogen-bond donors (Lipinski definition) is 1. The monoisotopic (exact) mass is 709 g/mol. The molecule has 2 amide bonds. The number of anilines is 1. The number of nitro groups is 1. The van der Waals surface area contributed by atoms with Gasteiger partial charge in [-0.05, 0) is 71.9 Å². The highest BCUT2D eigenvalue weighted by Crippen LogP contribution is 2.43. The summed E-state index contributed by atoms with van der Waals surface area (Å²) in [7, 11) is -0.687. The number of hydrogen-bond acceptors (Lipinski definition) is 8. The lowest BCUT2D eigenvalue weighted by molar-refractivity contribution is -0.384. The number of rotatable bonds is 14. The second-order valence-electron chi connectivity index (χ2n) is 14.4. The van der Waals surface area contributed by atoms with Crippen molar-refractivity contribution < 1.29 is 28.4 Å². The fourth-order valence-corrected chi connectivity index (χ4v) is 7.43. The number of non-ortho nitro benzene ring substituents is 1. The molecule has 1 fully saturated rings. The summed E-state index contributed by atoms with van der Waals surface area (Å²) in [6.07, 6.45) is -0.177. The molecule has 51 heavy (non-hydrogen) atoms. The van der Waals surface area contributed by atoms with Crippen LogP contribution in [0.15, 0.2) is 109 Å². The molecule has 0 saturated carbocycles. The lowest BCUT2D eigenvalue weighted by Gasteiger charge is -2.40. The van der Waals surface area contributed by atoms with Gasteiger partial charge in [0.15, 0.2) is 8.32 Å². The molecule has 1 aliphatic rings. The number of methoxy groups -OCH3 is 1. The van der Waals surface area contributed by atoms with Crippen LogP contribution in [0.3, 0.4) is 0 Å². The fraction of sp³-hybridized carbons (Fsp3) is 0.350. The Kier molecular flexibility index (Phi) is 11.6. The first kappa shape index (κ1) is 37.3. The third-order valence-electron chi connectivity index (χ3n) is 10.0. The lowest BCUT2D eigenvalue weighted by atomic mass is 9.85. The molecule has 10 nitrogen and oxygen atoms in total. The predicted molar refractivity (Wildman–Crippen MR) is 200 cm³/mol. The molecule has 1 saturated heterocycles. The Morgan fingerprint density at radius 2 is 1.53 bits per heavy atom. The molecule has 0 bridgehead atoms. The van der Waals surface area contributed by atoms with Crippen molar-refractivity contribution in [1.82, 2.24) is 4.90 Å². The summed E-state index contributed by atoms with van der Waals surface area (Å²) in [4.78, 5) is 40.7. The molecule has 0 aliphatic carbocycles. The molecule has 1 aliphatic heterocycles. The van der Waals surface area contributed by atoms with Crippen LogP contribution in [0.1, 0.15) is 68.5 Å². The summed E-state index contributed by atoms with van der Waals surface area (Å²) in [5, 5.41) is 14.9. The first-order valence-electron chi connectivity index (χ1n) is 17.2. The van der Waals surface area contributed by atoms with E-state index in [1.807, 2.05) is 84.9 Å². The van der Waals surface area contributed by atoms with Gasteiger partial charge in [0, 0.05) is 17.8 Å². The Morgan fingerprint density at radius 1 is 0.922 bits per heavy atom. The van der Waals surface area contributed by atoms with Crippen LogP contribution in [0.5, 0.6) is 5.75 Å². The van der Waals surface area contributed by atoms with E-state index in [-0.39, 0.29) is 29.3 Å². The number of amides is 2. The minimum Gasteiger partial charge on any atom is -0.497 e. The molecule has 4 aromatic carbocycles. The Morgan fingerprint density at radius 3 is 2.10 bits per heavy atom. The van der Waals surface area contributed by atoms with Crippen LogP contribution in [0, 0.1) is 16.0 Å². The Hall–Kier alpha value is -5.00. The third-order valence-corrected chi connectivity index (χ3v) is 14.5. The lowest BCUT2D eigenvalue weighted by Crippen LogP contribution is -2.43. The number of carbonyl (C=O) groups excluding carboxylic acids is 2. The van der Waals surface area contributed by atoms with Crippen LogP contribution < -0.4 is 10.1 Å². The van der Waals surface area contributed by atoms with Gasteiger partial charge in [0.1, 0.15) is 18.4 Å². The average Bonchev–Trinajstić information content (AvgIpc) is 3.52. The van der Waals surface area contributed by atoms with Crippen LogP contribution in [0.25, 0.3) is 0 Å². The summed E-state index contributed by atoms with van der Waals surface area (Å²) in [5.41, 5.74) is 3.12. The summed E-state index contributed by atoms with van der Waals surface area (Å²) >= 11 is 0. The van der Waals surface area contributed by atoms with E-state index in [0.29, 0.717) is 24.3 Å². The minimum atomic E-state index is -2.27. The smallest absolute Gasteiger partial charge is 0.417 e. The van der Waals surface area contributed by atoms with Crippen LogP contribution in [0.4, 0.5) is 16.2 Å². The number of carbonyl (C=O) groups is 2. The van der Waals surface area contributed by atoms with Crippen molar-refractivity contribution in [2.75, 3.05) is 19.0 Å². The van der Waals surface area contributed by atoms with Gasteiger partial charge < -0.3 is 19.2 Å². The second kappa shape index (κ2) is 15.9. The van der Waals surface area contributed by atoms with Gasteiger partial charge in [0.25, 0.3) is 5.69 Å². The Balaban J connectivity index is 1.60. The molecule has 4 atom stereocenters. The van der Waals surface area contributed by atoms with Gasteiger partial charge in [-0.15, -0.1) is 0 Å². The molecule has 0 radical (unpaired) electrons. The highest BCUT2D eigenvalue weighted by molar-refractivity contribution is 6.74. The fourth-order valence-electron chi connectivity index (χ4n) is 6.11. The first-order valence-corrected chi connectivity index (χ1v) is 20.1. The quantitative estimate of drug-likeness (QED) is 0.0781. The number of imide groups is 1. The van der Waals surface area contributed by atoms with Crippen LogP contribution in [-0.2, 0) is 14.0 Å². The van der Waals surface area contributed by atoms with E-state index in [0.717, 1.165) is 16.7 Å². The van der Waals surface area contributed by atoms with E-state index in [2.05, 4.69) is 39.2 Å². The van der Waals surface area contributed by atoms with Crippen molar-refractivity contribution >= 4 is 31.7 Å². The second-order valence-corrected chi connectivity index (χ2v) is 19.1. The third kappa shape index (κ3) is 8.84. The Labute approximate surface area is 301 Å². The van der Waals surface area contributed by atoms with Gasteiger partial charge in [-0.2, -0.15) is 0 Å². The van der Waals surface area contributed by atoms with Gasteiger partial charge in [-0.25, -0.2) is 9.69 Å². The summed E-state index contributed by atoms with van der Waals surface area (Å²) in [5.74, 6) is -0.532. The van der Waals surface area contributed by atoms with E-state index in [9.17, 15) is 14.9 Å². The van der Waals surface area contributed by atoms with E-state index < -0.39 is 37.3 Å². The number of nitrogens with zero attached hydrogens (tertiary/aromatic N) is 2. The normalized spacial score (nSPS) is 16.5. The number of nitrogens with one attached hydrogen (secondary N) is 1. The summed E-state index contributed by atoms with van der Waals surface area (Å²) in [6.45, 7) is 11.1. The molecule has 5 rings (SSSR count). The molecule has 4 aromatic rings. The van der Waals surface area contributed by atoms with Crippen LogP contribution in [-0.4, -0.2) is 43.9 Å².